The molecule has 1 saturated carbocycles. The molecule has 0 amide bonds. The quantitative estimate of drug-likeness (QED) is 0.652. The highest BCUT2D eigenvalue weighted by Gasteiger charge is 2.33. The molecule has 0 aromatic rings. The molecule has 1 aliphatic carbocycles. The fraction of sp³-hybridized carbons (Fsp3) is 0.933. The first kappa shape index (κ1) is 16.4. The second kappa shape index (κ2) is 7.85. The summed E-state index contributed by atoms with van der Waals surface area (Å²) in [5.74, 6) is -0.122. The van der Waals surface area contributed by atoms with Gasteiger partial charge in [-0.2, -0.15) is 0 Å². The van der Waals surface area contributed by atoms with Gasteiger partial charge in [-0.15, -0.1) is 0 Å². The predicted octanol–water partition coefficient (Wildman–Crippen LogP) is 2.18. The Morgan fingerprint density at radius 1 is 1.42 bits per heavy atom. The number of hydrogen-bond donors (Lipinski definition) is 1. The Hall–Kier alpha value is -0.610. The zero-order valence-electron chi connectivity index (χ0n) is 13.0. The Morgan fingerprint density at radius 2 is 2.11 bits per heavy atom. The van der Waals surface area contributed by atoms with Crippen LogP contribution in [0.25, 0.3) is 0 Å². The van der Waals surface area contributed by atoms with Gasteiger partial charge in [0.1, 0.15) is 5.54 Å². The zero-order valence-corrected chi connectivity index (χ0v) is 13.0. The molecule has 1 rings (SSSR count). The van der Waals surface area contributed by atoms with Gasteiger partial charge in [0.25, 0.3) is 0 Å². The normalized spacial score (nSPS) is 19.0. The maximum absolute atomic E-state index is 12.0. The molecule has 0 aromatic carbocycles. The first-order valence-corrected chi connectivity index (χ1v) is 7.66. The van der Waals surface area contributed by atoms with Crippen LogP contribution in [0.1, 0.15) is 52.9 Å². The molecule has 1 aliphatic rings. The van der Waals surface area contributed by atoms with Crippen molar-refractivity contribution >= 4 is 5.97 Å². The molecule has 4 heteroatoms. The molecule has 0 bridgehead atoms. The first-order valence-electron chi connectivity index (χ1n) is 7.66. The SMILES string of the molecule is CCNC(C)(CCCN(C)C1CCC1)C(=O)OCC. The van der Waals surface area contributed by atoms with Crippen LogP contribution in [0, 0.1) is 0 Å². The lowest BCUT2D eigenvalue weighted by Gasteiger charge is -2.35. The average molecular weight is 270 g/mol. The number of rotatable bonds is 9. The van der Waals surface area contributed by atoms with Crippen LogP contribution in [0.15, 0.2) is 0 Å². The third-order valence-corrected chi connectivity index (χ3v) is 4.18. The van der Waals surface area contributed by atoms with Gasteiger partial charge in [0.15, 0.2) is 0 Å². The molecule has 0 aromatic heterocycles. The topological polar surface area (TPSA) is 41.6 Å². The van der Waals surface area contributed by atoms with Gasteiger partial charge in [-0.25, -0.2) is 0 Å². The van der Waals surface area contributed by atoms with Gasteiger partial charge in [-0.05, 0) is 59.7 Å². The molecule has 1 N–H and O–H groups in total. The lowest BCUT2D eigenvalue weighted by atomic mass is 9.91. The molecule has 1 fully saturated rings. The summed E-state index contributed by atoms with van der Waals surface area (Å²) in [5, 5.41) is 3.28. The van der Waals surface area contributed by atoms with Crippen LogP contribution in [0.2, 0.25) is 0 Å². The van der Waals surface area contributed by atoms with E-state index in [1.54, 1.807) is 0 Å². The number of likely N-dealkylation sites (N-methyl/N-ethyl adjacent to an activating group) is 1. The molecule has 0 heterocycles. The summed E-state index contributed by atoms with van der Waals surface area (Å²) in [6, 6.07) is 0.771. The number of nitrogens with zero attached hydrogens (tertiary/aromatic N) is 1. The van der Waals surface area contributed by atoms with Gasteiger partial charge in [-0.1, -0.05) is 13.3 Å². The summed E-state index contributed by atoms with van der Waals surface area (Å²) in [6.07, 6.45) is 5.89. The van der Waals surface area contributed by atoms with Crippen molar-refractivity contribution in [3.63, 3.8) is 0 Å². The minimum atomic E-state index is -0.536. The molecule has 0 saturated heterocycles. The highest BCUT2D eigenvalue weighted by atomic mass is 16.5. The molecule has 0 spiro atoms. The van der Waals surface area contributed by atoms with Crippen molar-refractivity contribution in [3.8, 4) is 0 Å². The van der Waals surface area contributed by atoms with Crippen molar-refractivity contribution in [1.82, 2.24) is 10.2 Å². The van der Waals surface area contributed by atoms with E-state index >= 15 is 0 Å². The van der Waals surface area contributed by atoms with Crippen molar-refractivity contribution < 1.29 is 9.53 Å². The van der Waals surface area contributed by atoms with Crippen molar-refractivity contribution in [1.29, 1.82) is 0 Å². The third-order valence-electron chi connectivity index (χ3n) is 4.18. The predicted molar refractivity (Wildman–Crippen MR) is 78.2 cm³/mol. The van der Waals surface area contributed by atoms with E-state index in [1.807, 2.05) is 20.8 Å². The maximum atomic E-state index is 12.0. The van der Waals surface area contributed by atoms with Crippen LogP contribution >= 0.6 is 0 Å². The van der Waals surface area contributed by atoms with Crippen LogP contribution < -0.4 is 5.32 Å². The Labute approximate surface area is 117 Å². The molecule has 1 atom stereocenters. The molecular weight excluding hydrogens is 240 g/mol. The number of esters is 1. The van der Waals surface area contributed by atoms with Gasteiger partial charge in [0, 0.05) is 6.04 Å². The number of nitrogens with one attached hydrogen (secondary N) is 1. The van der Waals surface area contributed by atoms with E-state index in [0.29, 0.717) is 6.61 Å². The third kappa shape index (κ3) is 4.77. The molecule has 1 unspecified atom stereocenters. The van der Waals surface area contributed by atoms with E-state index in [2.05, 4.69) is 17.3 Å². The molecule has 112 valence electrons. The summed E-state index contributed by atoms with van der Waals surface area (Å²) in [7, 11) is 2.19. The van der Waals surface area contributed by atoms with E-state index in [1.165, 1.54) is 19.3 Å². The Bertz CT molecular complexity index is 279. The highest BCUT2D eigenvalue weighted by Crippen LogP contribution is 2.24. The molecular formula is C15H30N2O2. The van der Waals surface area contributed by atoms with E-state index in [0.717, 1.165) is 32.0 Å². The number of carbonyl (C=O) groups is 1. The van der Waals surface area contributed by atoms with Gasteiger partial charge in [0.05, 0.1) is 6.61 Å². The smallest absolute Gasteiger partial charge is 0.326 e. The molecule has 0 aliphatic heterocycles. The van der Waals surface area contributed by atoms with Gasteiger partial charge in [-0.3, -0.25) is 4.79 Å². The van der Waals surface area contributed by atoms with E-state index in [-0.39, 0.29) is 5.97 Å². The van der Waals surface area contributed by atoms with Gasteiger partial charge >= 0.3 is 5.97 Å². The molecule has 19 heavy (non-hydrogen) atoms. The van der Waals surface area contributed by atoms with Crippen LogP contribution in [-0.2, 0) is 9.53 Å². The standard InChI is InChI=1S/C15H30N2O2/c1-5-16-15(3,14(18)19-6-2)11-8-12-17(4)13-9-7-10-13/h13,16H,5-12H2,1-4H3. The summed E-state index contributed by atoms with van der Waals surface area (Å²) >= 11 is 0. The van der Waals surface area contributed by atoms with Gasteiger partial charge in [0.2, 0.25) is 0 Å². The van der Waals surface area contributed by atoms with Crippen molar-refractivity contribution in [2.75, 3.05) is 26.7 Å². The van der Waals surface area contributed by atoms with Crippen molar-refractivity contribution in [2.45, 2.75) is 64.5 Å². The van der Waals surface area contributed by atoms with Gasteiger partial charge < -0.3 is 15.0 Å². The number of hydrogen-bond acceptors (Lipinski definition) is 4. The summed E-state index contributed by atoms with van der Waals surface area (Å²) in [6.45, 7) is 8.13. The highest BCUT2D eigenvalue weighted by molar-refractivity contribution is 5.80. The lowest BCUT2D eigenvalue weighted by Crippen LogP contribution is -2.51. The Kier molecular flexibility index (Phi) is 6.80. The monoisotopic (exact) mass is 270 g/mol. The Balaban J connectivity index is 2.37. The van der Waals surface area contributed by atoms with Crippen LogP contribution in [0.4, 0.5) is 0 Å². The van der Waals surface area contributed by atoms with Crippen molar-refractivity contribution in [3.05, 3.63) is 0 Å². The fourth-order valence-corrected chi connectivity index (χ4v) is 2.64. The maximum Gasteiger partial charge on any atom is 0.326 e. The van der Waals surface area contributed by atoms with Crippen molar-refractivity contribution in [2.24, 2.45) is 0 Å². The van der Waals surface area contributed by atoms with E-state index in [4.69, 9.17) is 4.74 Å². The summed E-state index contributed by atoms with van der Waals surface area (Å²) < 4.78 is 5.18. The molecule has 0 radical (unpaired) electrons. The minimum Gasteiger partial charge on any atom is -0.465 e. The number of carbonyl (C=O) groups excluding carboxylic acids is 1. The van der Waals surface area contributed by atoms with Crippen LogP contribution in [0.3, 0.4) is 0 Å². The van der Waals surface area contributed by atoms with E-state index < -0.39 is 5.54 Å². The molecule has 4 nitrogen and oxygen atoms in total. The second-order valence-corrected chi connectivity index (χ2v) is 5.75. The van der Waals surface area contributed by atoms with Crippen LogP contribution in [0.5, 0.6) is 0 Å². The van der Waals surface area contributed by atoms with E-state index in [9.17, 15) is 4.79 Å². The zero-order chi connectivity index (χ0) is 14.3. The first-order chi connectivity index (χ1) is 9.03. The second-order valence-electron chi connectivity index (χ2n) is 5.75. The summed E-state index contributed by atoms with van der Waals surface area (Å²) in [5.41, 5.74) is -0.536. The number of ether oxygens (including phenoxy) is 1. The average Bonchev–Trinajstić information content (AvgIpc) is 2.27. The lowest BCUT2D eigenvalue weighted by molar-refractivity contribution is -0.150. The minimum absolute atomic E-state index is 0.122. The van der Waals surface area contributed by atoms with Crippen LogP contribution in [-0.4, -0.2) is 49.2 Å². The fourth-order valence-electron chi connectivity index (χ4n) is 2.64. The Morgan fingerprint density at radius 3 is 2.58 bits per heavy atom. The largest absolute Gasteiger partial charge is 0.465 e. The summed E-state index contributed by atoms with van der Waals surface area (Å²) in [4.78, 5) is 14.5.